The number of carbonyl (C=O) groups is 2. The minimum Gasteiger partial charge on any atom is -0.546 e. The van der Waals surface area contributed by atoms with Crippen LogP contribution < -0.4 is 69.3 Å². The molecular formula is C3Cl2Na2O4. The van der Waals surface area contributed by atoms with Gasteiger partial charge in [-0.15, -0.1) is 0 Å². The molecule has 0 aliphatic rings. The Bertz CT molecular complexity index is 143. The molecule has 0 aromatic heterocycles. The summed E-state index contributed by atoms with van der Waals surface area (Å²) in [6.07, 6.45) is 0. The zero-order chi connectivity index (χ0) is 7.65. The van der Waals surface area contributed by atoms with E-state index in [0.29, 0.717) is 0 Å². The van der Waals surface area contributed by atoms with Crippen LogP contribution in [0.3, 0.4) is 0 Å². The summed E-state index contributed by atoms with van der Waals surface area (Å²) in [7, 11) is 0. The zero-order valence-corrected chi connectivity index (χ0v) is 11.4. The summed E-state index contributed by atoms with van der Waals surface area (Å²) in [6, 6.07) is 0. The fraction of sp³-hybridized carbons (Fsp3) is 0.333. The van der Waals surface area contributed by atoms with Crippen LogP contribution in [0.1, 0.15) is 0 Å². The van der Waals surface area contributed by atoms with Crippen LogP contribution in [-0.4, -0.2) is 16.3 Å². The Balaban J connectivity index is -0.000000320. The smallest absolute Gasteiger partial charge is 0.546 e. The molecule has 0 aliphatic carbocycles. The first-order valence-corrected chi connectivity index (χ1v) is 2.45. The molecule has 52 valence electrons. The standard InChI is InChI=1S/C3H2Cl2O4.2Na/c4-3(5,1(6)7)2(8)9;;/h(H,6,7)(H,8,9);;/q;2*+1/p-2. The Morgan fingerprint density at radius 2 is 1.18 bits per heavy atom. The first-order chi connectivity index (χ1) is 3.89. The summed E-state index contributed by atoms with van der Waals surface area (Å²) in [4.78, 5) is 19.3. The Hall–Kier alpha value is 1.52. The van der Waals surface area contributed by atoms with Gasteiger partial charge >= 0.3 is 59.1 Å². The summed E-state index contributed by atoms with van der Waals surface area (Å²) in [5, 5.41) is 19.3. The third-order valence-corrected chi connectivity index (χ3v) is 1.13. The second-order valence-corrected chi connectivity index (χ2v) is 2.48. The molecule has 0 rings (SSSR count). The Morgan fingerprint density at radius 3 is 1.18 bits per heavy atom. The number of hydrogen-bond acceptors (Lipinski definition) is 4. The molecule has 0 radical (unpaired) electrons. The fourth-order valence-corrected chi connectivity index (χ4v) is 0.0833. The van der Waals surface area contributed by atoms with E-state index in [1.165, 1.54) is 0 Å². The summed E-state index contributed by atoms with van der Waals surface area (Å²) in [6.45, 7) is 0. The number of carboxylic acids is 2. The Morgan fingerprint density at radius 1 is 1.00 bits per heavy atom. The van der Waals surface area contributed by atoms with E-state index < -0.39 is 16.3 Å². The molecule has 0 heterocycles. The minimum absolute atomic E-state index is 0. The van der Waals surface area contributed by atoms with Gasteiger partial charge in [-0.25, -0.2) is 0 Å². The number of rotatable bonds is 2. The molecule has 4 nitrogen and oxygen atoms in total. The third-order valence-electron chi connectivity index (χ3n) is 0.513. The summed E-state index contributed by atoms with van der Waals surface area (Å²) in [5.41, 5.74) is 0. The second-order valence-electron chi connectivity index (χ2n) is 1.15. The SMILES string of the molecule is O=C([O-])C(Cl)(Cl)C(=O)[O-].[Na+].[Na+]. The zero-order valence-electron chi connectivity index (χ0n) is 5.89. The van der Waals surface area contributed by atoms with Gasteiger partial charge < -0.3 is 19.8 Å². The molecule has 0 fully saturated rings. The average Bonchev–Trinajstić information content (AvgIpc) is 1.65. The second kappa shape index (κ2) is 6.97. The number of alkyl halides is 2. The molecule has 8 heteroatoms. The summed E-state index contributed by atoms with van der Waals surface area (Å²) < 4.78 is -2.94. The molecule has 0 aromatic rings. The monoisotopic (exact) mass is 216 g/mol. The Kier molecular flexibility index (Phi) is 11.6. The first kappa shape index (κ1) is 18.3. The third kappa shape index (κ3) is 5.71. The fourth-order valence-electron chi connectivity index (χ4n) is 0.0833. The number of carbonyl (C=O) groups excluding carboxylic acids is 2. The van der Waals surface area contributed by atoms with Gasteiger partial charge in [0.05, 0.1) is 11.9 Å². The van der Waals surface area contributed by atoms with E-state index in [9.17, 15) is 19.8 Å². The van der Waals surface area contributed by atoms with E-state index in [1.807, 2.05) is 0 Å². The molecule has 0 saturated heterocycles. The van der Waals surface area contributed by atoms with E-state index in [2.05, 4.69) is 23.2 Å². The molecular weight excluding hydrogens is 217 g/mol. The molecule has 0 bridgehead atoms. The van der Waals surface area contributed by atoms with Crippen LogP contribution in [0.25, 0.3) is 0 Å². The van der Waals surface area contributed by atoms with Gasteiger partial charge in [-0.1, -0.05) is 23.2 Å². The van der Waals surface area contributed by atoms with Gasteiger partial charge in [0.2, 0.25) is 0 Å². The van der Waals surface area contributed by atoms with Gasteiger partial charge in [0.1, 0.15) is 0 Å². The summed E-state index contributed by atoms with van der Waals surface area (Å²) >= 11 is 9.29. The molecule has 0 atom stereocenters. The predicted molar refractivity (Wildman–Crippen MR) is 24.5 cm³/mol. The van der Waals surface area contributed by atoms with Crippen molar-refractivity contribution in [3.63, 3.8) is 0 Å². The van der Waals surface area contributed by atoms with Crippen LogP contribution in [-0.2, 0) is 9.59 Å². The van der Waals surface area contributed by atoms with E-state index in [4.69, 9.17) is 0 Å². The van der Waals surface area contributed by atoms with Crippen molar-refractivity contribution in [3.05, 3.63) is 0 Å². The molecule has 0 aliphatic heterocycles. The minimum atomic E-state index is -2.94. The van der Waals surface area contributed by atoms with E-state index in [1.54, 1.807) is 0 Å². The van der Waals surface area contributed by atoms with Gasteiger partial charge in [-0.3, -0.25) is 0 Å². The van der Waals surface area contributed by atoms with E-state index in [-0.39, 0.29) is 59.1 Å². The average molecular weight is 217 g/mol. The molecule has 0 unspecified atom stereocenters. The maximum atomic E-state index is 9.67. The molecule has 0 aromatic carbocycles. The maximum Gasteiger partial charge on any atom is 1.00 e. The van der Waals surface area contributed by atoms with Crippen molar-refractivity contribution in [2.75, 3.05) is 0 Å². The van der Waals surface area contributed by atoms with Crippen LogP contribution in [0.5, 0.6) is 0 Å². The van der Waals surface area contributed by atoms with Crippen LogP contribution in [0.2, 0.25) is 0 Å². The van der Waals surface area contributed by atoms with Crippen molar-refractivity contribution in [1.82, 2.24) is 0 Å². The van der Waals surface area contributed by atoms with Gasteiger partial charge in [-0.05, 0) is 0 Å². The van der Waals surface area contributed by atoms with Crippen molar-refractivity contribution < 1.29 is 78.9 Å². The number of carboxylic acid groups (broad SMARTS) is 2. The first-order valence-electron chi connectivity index (χ1n) is 1.69. The van der Waals surface area contributed by atoms with Gasteiger partial charge in [0.15, 0.2) is 4.33 Å². The summed E-state index contributed by atoms with van der Waals surface area (Å²) in [5.74, 6) is -4.21. The van der Waals surface area contributed by atoms with E-state index in [0.717, 1.165) is 0 Å². The number of aliphatic carboxylic acids is 2. The van der Waals surface area contributed by atoms with Crippen LogP contribution in [0, 0.1) is 0 Å². The van der Waals surface area contributed by atoms with Crippen molar-refractivity contribution in [1.29, 1.82) is 0 Å². The van der Waals surface area contributed by atoms with E-state index >= 15 is 0 Å². The van der Waals surface area contributed by atoms with Crippen molar-refractivity contribution in [2.24, 2.45) is 0 Å². The molecule has 0 amide bonds. The normalized spacial score (nSPS) is 8.91. The van der Waals surface area contributed by atoms with Crippen molar-refractivity contribution >= 4 is 35.1 Å². The van der Waals surface area contributed by atoms with Crippen molar-refractivity contribution in [3.8, 4) is 0 Å². The van der Waals surface area contributed by atoms with Crippen LogP contribution in [0.15, 0.2) is 0 Å². The van der Waals surface area contributed by atoms with Crippen LogP contribution in [0.4, 0.5) is 0 Å². The number of hydrogen-bond donors (Lipinski definition) is 0. The molecule has 11 heavy (non-hydrogen) atoms. The van der Waals surface area contributed by atoms with Gasteiger partial charge in [0.25, 0.3) is 0 Å². The quantitative estimate of drug-likeness (QED) is 0.261. The topological polar surface area (TPSA) is 80.3 Å². The largest absolute Gasteiger partial charge is 1.00 e. The Labute approximate surface area is 117 Å². The van der Waals surface area contributed by atoms with Crippen molar-refractivity contribution in [2.45, 2.75) is 4.33 Å². The molecule has 0 spiro atoms. The number of halogens is 2. The van der Waals surface area contributed by atoms with Gasteiger partial charge in [-0.2, -0.15) is 0 Å². The molecule has 0 saturated carbocycles. The van der Waals surface area contributed by atoms with Gasteiger partial charge in [0, 0.05) is 0 Å². The maximum absolute atomic E-state index is 9.67. The molecule has 0 N–H and O–H groups in total. The van der Waals surface area contributed by atoms with Crippen LogP contribution >= 0.6 is 23.2 Å². The predicted octanol–water partition coefficient (Wildman–Crippen LogP) is -8.33.